The lowest BCUT2D eigenvalue weighted by molar-refractivity contribution is -0.132. The highest BCUT2D eigenvalue weighted by Crippen LogP contribution is 2.18. The highest BCUT2D eigenvalue weighted by atomic mass is 32.2. The van der Waals surface area contributed by atoms with Crippen molar-refractivity contribution in [2.24, 2.45) is 0 Å². The van der Waals surface area contributed by atoms with E-state index < -0.39 is 0 Å². The summed E-state index contributed by atoms with van der Waals surface area (Å²) in [5, 5.41) is 3.18. The molecule has 1 aromatic heterocycles. The number of rotatable bonds is 6. The van der Waals surface area contributed by atoms with Crippen LogP contribution in [0.3, 0.4) is 0 Å². The monoisotopic (exact) mass is 310 g/mol. The van der Waals surface area contributed by atoms with Gasteiger partial charge in [0.15, 0.2) is 5.16 Å². The van der Waals surface area contributed by atoms with Gasteiger partial charge in [-0.15, -0.1) is 0 Å². The van der Waals surface area contributed by atoms with E-state index in [1.54, 1.807) is 7.05 Å². The lowest BCUT2D eigenvalue weighted by atomic mass is 10.5. The predicted octanol–water partition coefficient (Wildman–Crippen LogP) is -0.530. The number of nitrogens with zero attached hydrogens (tertiary/aromatic N) is 3. The smallest absolute Gasteiger partial charge is 0.239 e. The molecule has 1 aromatic rings. The third kappa shape index (κ3) is 5.10. The van der Waals surface area contributed by atoms with E-state index in [-0.39, 0.29) is 35.7 Å². The molecule has 0 spiro atoms. The van der Waals surface area contributed by atoms with Gasteiger partial charge in [-0.1, -0.05) is 11.8 Å². The molecular formula is C12H18N6O2S. The third-order valence-corrected chi connectivity index (χ3v) is 3.65. The van der Waals surface area contributed by atoms with E-state index in [1.807, 2.05) is 0 Å². The third-order valence-electron chi connectivity index (χ3n) is 2.82. The fourth-order valence-electron chi connectivity index (χ4n) is 1.57. The Balaban J connectivity index is 1.78. The van der Waals surface area contributed by atoms with E-state index in [1.165, 1.54) is 11.0 Å². The molecule has 9 heteroatoms. The molecule has 2 rings (SSSR count). The standard InChI is InChI=1S/C12H18N6O2S/c1-18(5-10(19)15-7-2-3-7)11(20)6-21-12-16-8(13)4-9(14)17-12/h4,7H,2-3,5-6H2,1H3,(H,15,19)(H4,13,14,16,17). The molecule has 1 saturated carbocycles. The molecule has 1 aliphatic rings. The summed E-state index contributed by atoms with van der Waals surface area (Å²) >= 11 is 1.13. The molecule has 0 saturated heterocycles. The first kappa shape index (κ1) is 15.4. The molecule has 1 fully saturated rings. The molecule has 0 aliphatic heterocycles. The topological polar surface area (TPSA) is 127 Å². The Labute approximate surface area is 126 Å². The van der Waals surface area contributed by atoms with Crippen molar-refractivity contribution in [3.63, 3.8) is 0 Å². The number of nitrogens with two attached hydrogens (primary N) is 2. The fourth-order valence-corrected chi connectivity index (χ4v) is 2.38. The maximum Gasteiger partial charge on any atom is 0.239 e. The molecule has 0 bridgehead atoms. The number of hydrogen-bond donors (Lipinski definition) is 3. The van der Waals surface area contributed by atoms with E-state index in [2.05, 4.69) is 15.3 Å². The molecule has 1 aliphatic carbocycles. The Morgan fingerprint density at radius 1 is 1.38 bits per heavy atom. The fraction of sp³-hybridized carbons (Fsp3) is 0.500. The van der Waals surface area contributed by atoms with Crippen LogP contribution < -0.4 is 16.8 Å². The average Bonchev–Trinajstić information content (AvgIpc) is 3.18. The molecule has 0 aromatic carbocycles. The molecule has 1 heterocycles. The number of nitrogen functional groups attached to an aromatic ring is 2. The van der Waals surface area contributed by atoms with Crippen molar-refractivity contribution in [1.82, 2.24) is 20.2 Å². The molecule has 114 valence electrons. The molecule has 0 atom stereocenters. The van der Waals surface area contributed by atoms with Gasteiger partial charge in [0, 0.05) is 19.2 Å². The lowest BCUT2D eigenvalue weighted by Gasteiger charge is -2.16. The first-order valence-electron chi connectivity index (χ1n) is 6.50. The van der Waals surface area contributed by atoms with Crippen LogP contribution in [-0.4, -0.2) is 52.1 Å². The number of anilines is 2. The second-order valence-electron chi connectivity index (χ2n) is 4.88. The van der Waals surface area contributed by atoms with Crippen LogP contribution in [0.15, 0.2) is 11.2 Å². The average molecular weight is 310 g/mol. The van der Waals surface area contributed by atoms with E-state index in [4.69, 9.17) is 11.5 Å². The quantitative estimate of drug-likeness (QED) is 0.476. The van der Waals surface area contributed by atoms with E-state index in [0.717, 1.165) is 24.6 Å². The van der Waals surface area contributed by atoms with E-state index >= 15 is 0 Å². The summed E-state index contributed by atoms with van der Waals surface area (Å²) in [6, 6.07) is 1.74. The maximum atomic E-state index is 11.9. The number of carbonyl (C=O) groups is 2. The number of nitrogens with one attached hydrogen (secondary N) is 1. The van der Waals surface area contributed by atoms with Crippen molar-refractivity contribution < 1.29 is 9.59 Å². The number of hydrogen-bond acceptors (Lipinski definition) is 7. The minimum atomic E-state index is -0.185. The van der Waals surface area contributed by atoms with Crippen molar-refractivity contribution in [2.75, 3.05) is 30.8 Å². The van der Waals surface area contributed by atoms with Gasteiger partial charge in [-0.3, -0.25) is 9.59 Å². The molecule has 2 amide bonds. The van der Waals surface area contributed by atoms with Gasteiger partial charge in [0.2, 0.25) is 11.8 Å². The number of thioether (sulfide) groups is 1. The lowest BCUT2D eigenvalue weighted by Crippen LogP contribution is -2.39. The summed E-state index contributed by atoms with van der Waals surface area (Å²) in [5.41, 5.74) is 11.1. The van der Waals surface area contributed by atoms with Gasteiger partial charge >= 0.3 is 0 Å². The van der Waals surface area contributed by atoms with Crippen LogP contribution in [0.4, 0.5) is 11.6 Å². The molecule has 5 N–H and O–H groups in total. The van der Waals surface area contributed by atoms with Crippen LogP contribution in [0.2, 0.25) is 0 Å². The van der Waals surface area contributed by atoms with Crippen molar-refractivity contribution in [3.8, 4) is 0 Å². The van der Waals surface area contributed by atoms with Crippen LogP contribution in [0.1, 0.15) is 12.8 Å². The first-order chi connectivity index (χ1) is 9.94. The number of aromatic nitrogens is 2. The zero-order chi connectivity index (χ0) is 15.4. The van der Waals surface area contributed by atoms with E-state index in [9.17, 15) is 9.59 Å². The molecule has 21 heavy (non-hydrogen) atoms. The summed E-state index contributed by atoms with van der Waals surface area (Å²) in [6.07, 6.45) is 2.04. The second kappa shape index (κ2) is 6.61. The largest absolute Gasteiger partial charge is 0.383 e. The van der Waals surface area contributed by atoms with Gasteiger partial charge in [-0.25, -0.2) is 9.97 Å². The molecule has 8 nitrogen and oxygen atoms in total. The number of carbonyl (C=O) groups excluding carboxylic acids is 2. The zero-order valence-electron chi connectivity index (χ0n) is 11.7. The van der Waals surface area contributed by atoms with Crippen molar-refractivity contribution >= 4 is 35.2 Å². The van der Waals surface area contributed by atoms with Crippen molar-refractivity contribution in [2.45, 2.75) is 24.0 Å². The van der Waals surface area contributed by atoms with Crippen LogP contribution in [0, 0.1) is 0 Å². The minimum absolute atomic E-state index is 0.0514. The van der Waals surface area contributed by atoms with Gasteiger partial charge in [0.25, 0.3) is 0 Å². The van der Waals surface area contributed by atoms with Crippen LogP contribution in [0.5, 0.6) is 0 Å². The van der Waals surface area contributed by atoms with Gasteiger partial charge in [0.1, 0.15) is 11.6 Å². The minimum Gasteiger partial charge on any atom is -0.383 e. The van der Waals surface area contributed by atoms with Gasteiger partial charge in [-0.2, -0.15) is 0 Å². The van der Waals surface area contributed by atoms with Gasteiger partial charge in [0.05, 0.1) is 12.3 Å². The summed E-state index contributed by atoms with van der Waals surface area (Å²) < 4.78 is 0. The Bertz CT molecular complexity index is 528. The number of likely N-dealkylation sites (N-methyl/N-ethyl adjacent to an activating group) is 1. The maximum absolute atomic E-state index is 11.9. The van der Waals surface area contributed by atoms with Gasteiger partial charge < -0.3 is 21.7 Å². The normalized spacial score (nSPS) is 13.8. The Morgan fingerprint density at radius 3 is 2.57 bits per heavy atom. The SMILES string of the molecule is CN(CC(=O)NC1CC1)C(=O)CSc1nc(N)cc(N)n1. The van der Waals surface area contributed by atoms with Crippen LogP contribution in [0.25, 0.3) is 0 Å². The highest BCUT2D eigenvalue weighted by Gasteiger charge is 2.24. The molecular weight excluding hydrogens is 292 g/mol. The van der Waals surface area contributed by atoms with Crippen molar-refractivity contribution in [3.05, 3.63) is 6.07 Å². The summed E-state index contributed by atoms with van der Waals surface area (Å²) in [5.74, 6) is 0.318. The summed E-state index contributed by atoms with van der Waals surface area (Å²) in [7, 11) is 1.59. The summed E-state index contributed by atoms with van der Waals surface area (Å²) in [4.78, 5) is 32.9. The Kier molecular flexibility index (Phi) is 4.84. The van der Waals surface area contributed by atoms with Crippen molar-refractivity contribution in [1.29, 1.82) is 0 Å². The second-order valence-corrected chi connectivity index (χ2v) is 5.82. The zero-order valence-corrected chi connectivity index (χ0v) is 12.5. The molecule has 0 radical (unpaired) electrons. The first-order valence-corrected chi connectivity index (χ1v) is 7.49. The Hall–Kier alpha value is -2.03. The number of amides is 2. The van der Waals surface area contributed by atoms with E-state index in [0.29, 0.717) is 11.2 Å². The predicted molar refractivity (Wildman–Crippen MR) is 80.4 cm³/mol. The Morgan fingerprint density at radius 2 is 2.00 bits per heavy atom. The highest BCUT2D eigenvalue weighted by molar-refractivity contribution is 7.99. The van der Waals surface area contributed by atoms with Crippen LogP contribution >= 0.6 is 11.8 Å². The summed E-state index contributed by atoms with van der Waals surface area (Å²) in [6.45, 7) is 0.0514. The van der Waals surface area contributed by atoms with Crippen LogP contribution in [-0.2, 0) is 9.59 Å². The van der Waals surface area contributed by atoms with Gasteiger partial charge in [-0.05, 0) is 12.8 Å². The molecule has 0 unspecified atom stereocenters.